The molecule has 1 amide bonds. The molecule has 0 aliphatic heterocycles. The quantitative estimate of drug-likeness (QED) is 0.242. The largest absolute Gasteiger partial charge is 0.497 e. The summed E-state index contributed by atoms with van der Waals surface area (Å²) in [5.41, 5.74) is 4.57. The summed E-state index contributed by atoms with van der Waals surface area (Å²) in [5, 5.41) is 4.15. The molecule has 1 N–H and O–H groups in total. The molecule has 5 rings (SSSR count). The third kappa shape index (κ3) is 5.10. The second-order valence-corrected chi connectivity index (χ2v) is 11.2. The second-order valence-electron chi connectivity index (χ2n) is 9.15. The summed E-state index contributed by atoms with van der Waals surface area (Å²) in [4.78, 5) is 33.9. The fraction of sp³-hybridized carbons (Fsp3) is 0.321. The number of rotatable bonds is 7. The Balaban J connectivity index is 1.51. The van der Waals surface area contributed by atoms with Gasteiger partial charge in [0.15, 0.2) is 5.16 Å². The minimum absolute atomic E-state index is 0.0585. The first kappa shape index (κ1) is 25.4. The van der Waals surface area contributed by atoms with Gasteiger partial charge in [0.05, 0.1) is 31.0 Å². The summed E-state index contributed by atoms with van der Waals surface area (Å²) in [6.45, 7) is 4.03. The molecule has 0 unspecified atom stereocenters. The standard InChI is InChI=1S/C28H29N3O4S2/c1-16-9-10-22(17(2)11-16)31-27(33)25-21-7-5-6-8-23(21)37-26(25)30-28(31)36-15-24(32)29-18-12-19(34-3)14-20(13-18)35-4/h9-14H,5-8,15H2,1-4H3,(H,29,32). The molecule has 0 spiro atoms. The van der Waals surface area contributed by atoms with Crippen LogP contribution in [0.25, 0.3) is 15.9 Å². The van der Waals surface area contributed by atoms with E-state index in [1.807, 2.05) is 26.0 Å². The van der Waals surface area contributed by atoms with Gasteiger partial charge in [-0.25, -0.2) is 4.98 Å². The molecular weight excluding hydrogens is 506 g/mol. The molecule has 0 atom stereocenters. The van der Waals surface area contributed by atoms with Gasteiger partial charge < -0.3 is 14.8 Å². The van der Waals surface area contributed by atoms with E-state index in [9.17, 15) is 9.59 Å². The summed E-state index contributed by atoms with van der Waals surface area (Å²) in [6, 6.07) is 11.2. The predicted octanol–water partition coefficient (Wildman–Crippen LogP) is 5.69. The molecule has 2 aromatic heterocycles. The number of anilines is 1. The lowest BCUT2D eigenvalue weighted by molar-refractivity contribution is -0.113. The van der Waals surface area contributed by atoms with Crippen LogP contribution in [0.5, 0.6) is 11.5 Å². The van der Waals surface area contributed by atoms with Crippen LogP contribution in [0.3, 0.4) is 0 Å². The first-order valence-corrected chi connectivity index (χ1v) is 14.0. The van der Waals surface area contributed by atoms with Crippen LogP contribution in [0.1, 0.15) is 34.4 Å². The van der Waals surface area contributed by atoms with E-state index >= 15 is 0 Å². The average molecular weight is 536 g/mol. The minimum Gasteiger partial charge on any atom is -0.497 e. The van der Waals surface area contributed by atoms with E-state index in [0.717, 1.165) is 58.3 Å². The zero-order valence-electron chi connectivity index (χ0n) is 21.3. The van der Waals surface area contributed by atoms with Gasteiger partial charge in [-0.2, -0.15) is 0 Å². The van der Waals surface area contributed by atoms with Gasteiger partial charge >= 0.3 is 0 Å². The molecule has 2 heterocycles. The highest BCUT2D eigenvalue weighted by atomic mass is 32.2. The van der Waals surface area contributed by atoms with Gasteiger partial charge in [-0.3, -0.25) is 14.2 Å². The monoisotopic (exact) mass is 535 g/mol. The summed E-state index contributed by atoms with van der Waals surface area (Å²) >= 11 is 2.88. The maximum atomic E-state index is 14.0. The normalized spacial score (nSPS) is 12.9. The van der Waals surface area contributed by atoms with Crippen molar-refractivity contribution in [2.75, 3.05) is 25.3 Å². The fourth-order valence-corrected chi connectivity index (χ4v) is 6.87. The van der Waals surface area contributed by atoms with Crippen molar-refractivity contribution in [3.8, 4) is 17.2 Å². The number of ether oxygens (including phenoxy) is 2. The number of benzene rings is 2. The maximum absolute atomic E-state index is 14.0. The highest BCUT2D eigenvalue weighted by Crippen LogP contribution is 2.35. The van der Waals surface area contributed by atoms with E-state index in [0.29, 0.717) is 22.3 Å². The molecule has 0 saturated carbocycles. The zero-order valence-corrected chi connectivity index (χ0v) is 23.0. The van der Waals surface area contributed by atoms with Crippen LogP contribution in [0.2, 0.25) is 0 Å². The fourth-order valence-electron chi connectivity index (χ4n) is 4.76. The molecule has 2 aromatic carbocycles. The lowest BCUT2D eigenvalue weighted by Crippen LogP contribution is -2.24. The summed E-state index contributed by atoms with van der Waals surface area (Å²) in [5.74, 6) is 1.04. The highest BCUT2D eigenvalue weighted by Gasteiger charge is 2.24. The van der Waals surface area contributed by atoms with E-state index in [-0.39, 0.29) is 17.2 Å². The highest BCUT2D eigenvalue weighted by molar-refractivity contribution is 7.99. The van der Waals surface area contributed by atoms with Crippen molar-refractivity contribution >= 4 is 44.9 Å². The molecule has 0 fully saturated rings. The van der Waals surface area contributed by atoms with Crippen molar-refractivity contribution in [1.82, 2.24) is 9.55 Å². The third-order valence-electron chi connectivity index (χ3n) is 6.52. The molecule has 0 radical (unpaired) electrons. The predicted molar refractivity (Wildman–Crippen MR) is 150 cm³/mol. The van der Waals surface area contributed by atoms with Gasteiger partial charge in [-0.1, -0.05) is 29.5 Å². The summed E-state index contributed by atoms with van der Waals surface area (Å²) < 4.78 is 12.3. The number of fused-ring (bicyclic) bond motifs is 3. The Hall–Kier alpha value is -3.30. The first-order chi connectivity index (χ1) is 17.9. The van der Waals surface area contributed by atoms with E-state index in [1.54, 1.807) is 48.3 Å². The van der Waals surface area contributed by atoms with Crippen molar-refractivity contribution in [3.63, 3.8) is 0 Å². The number of hydrogen-bond acceptors (Lipinski definition) is 7. The number of methoxy groups -OCH3 is 2. The van der Waals surface area contributed by atoms with Crippen molar-refractivity contribution in [2.45, 2.75) is 44.7 Å². The summed E-state index contributed by atoms with van der Waals surface area (Å²) in [6.07, 6.45) is 4.14. The Bertz CT molecular complexity index is 1540. The lowest BCUT2D eigenvalue weighted by atomic mass is 9.97. The van der Waals surface area contributed by atoms with Gasteiger partial charge in [-0.15, -0.1) is 11.3 Å². The SMILES string of the molecule is COc1cc(NC(=O)CSc2nc3sc4c(c3c(=O)n2-c2ccc(C)cc2C)CCCC4)cc(OC)c1. The van der Waals surface area contributed by atoms with Crippen LogP contribution < -0.4 is 20.3 Å². The smallest absolute Gasteiger partial charge is 0.267 e. The Labute approximate surface area is 223 Å². The number of aromatic nitrogens is 2. The van der Waals surface area contributed by atoms with Crippen molar-refractivity contribution in [2.24, 2.45) is 0 Å². The molecule has 9 heteroatoms. The van der Waals surface area contributed by atoms with Crippen molar-refractivity contribution in [3.05, 3.63) is 68.3 Å². The van der Waals surface area contributed by atoms with Crippen LogP contribution in [-0.4, -0.2) is 35.4 Å². The number of thiophene rings is 1. The maximum Gasteiger partial charge on any atom is 0.267 e. The van der Waals surface area contributed by atoms with Crippen LogP contribution in [0, 0.1) is 13.8 Å². The topological polar surface area (TPSA) is 82.5 Å². The Morgan fingerprint density at radius 3 is 2.51 bits per heavy atom. The Kier molecular flexibility index (Phi) is 7.26. The number of hydrogen-bond donors (Lipinski definition) is 1. The van der Waals surface area contributed by atoms with Gasteiger partial charge in [0, 0.05) is 28.8 Å². The van der Waals surface area contributed by atoms with Crippen molar-refractivity contribution < 1.29 is 14.3 Å². The number of amides is 1. The first-order valence-electron chi connectivity index (χ1n) is 12.2. The number of aryl methyl sites for hydroxylation is 4. The molecule has 37 heavy (non-hydrogen) atoms. The van der Waals surface area contributed by atoms with Crippen LogP contribution in [0.4, 0.5) is 5.69 Å². The zero-order chi connectivity index (χ0) is 26.1. The molecule has 4 aromatic rings. The molecular formula is C28H29N3O4S2. The number of nitrogens with one attached hydrogen (secondary N) is 1. The molecule has 7 nitrogen and oxygen atoms in total. The van der Waals surface area contributed by atoms with E-state index in [1.165, 1.54) is 16.6 Å². The van der Waals surface area contributed by atoms with Gasteiger partial charge in [-0.05, 0) is 56.7 Å². The average Bonchev–Trinajstić information content (AvgIpc) is 3.26. The van der Waals surface area contributed by atoms with Gasteiger partial charge in [0.25, 0.3) is 5.56 Å². The second kappa shape index (κ2) is 10.6. The van der Waals surface area contributed by atoms with E-state index in [2.05, 4.69) is 11.4 Å². The molecule has 1 aliphatic carbocycles. The van der Waals surface area contributed by atoms with E-state index in [4.69, 9.17) is 14.5 Å². The number of nitrogens with zero attached hydrogens (tertiary/aromatic N) is 2. The number of thioether (sulfide) groups is 1. The van der Waals surface area contributed by atoms with Gasteiger partial charge in [0.2, 0.25) is 5.91 Å². The number of carbonyl (C=O) groups excluding carboxylic acids is 1. The molecule has 192 valence electrons. The molecule has 0 bridgehead atoms. The van der Waals surface area contributed by atoms with Crippen molar-refractivity contribution in [1.29, 1.82) is 0 Å². The molecule has 1 aliphatic rings. The Morgan fingerprint density at radius 1 is 1.08 bits per heavy atom. The van der Waals surface area contributed by atoms with Crippen LogP contribution in [-0.2, 0) is 17.6 Å². The van der Waals surface area contributed by atoms with Crippen LogP contribution in [0.15, 0.2) is 46.3 Å². The minimum atomic E-state index is -0.215. The lowest BCUT2D eigenvalue weighted by Gasteiger charge is -2.16. The number of carbonyl (C=O) groups is 1. The third-order valence-corrected chi connectivity index (χ3v) is 8.64. The Morgan fingerprint density at radius 2 is 1.81 bits per heavy atom. The van der Waals surface area contributed by atoms with E-state index < -0.39 is 0 Å². The summed E-state index contributed by atoms with van der Waals surface area (Å²) in [7, 11) is 3.12. The van der Waals surface area contributed by atoms with Gasteiger partial charge in [0.1, 0.15) is 16.3 Å². The molecule has 0 saturated heterocycles. The van der Waals surface area contributed by atoms with Crippen LogP contribution >= 0.6 is 23.1 Å².